The lowest BCUT2D eigenvalue weighted by atomic mass is 10.0. The van der Waals surface area contributed by atoms with Gasteiger partial charge in [0.25, 0.3) is 0 Å². The Bertz CT molecular complexity index is 800. The van der Waals surface area contributed by atoms with Crippen molar-refractivity contribution in [3.63, 3.8) is 0 Å². The minimum Gasteiger partial charge on any atom is -0.480 e. The number of amides is 3. The summed E-state index contributed by atoms with van der Waals surface area (Å²) in [7, 11) is 0. The maximum absolute atomic E-state index is 13.0. The Kier molecular flexibility index (Phi) is 12.8. The molecule has 1 aromatic carbocycles. The van der Waals surface area contributed by atoms with Gasteiger partial charge in [-0.25, -0.2) is 4.79 Å². The SMILES string of the molecule is CC(C)CC(NC(=O)C(CCCCN)NC(=O)C(C)N)C(=O)NC(Cc1ccccc1)C(=O)O. The van der Waals surface area contributed by atoms with Gasteiger partial charge in [-0.3, -0.25) is 14.4 Å². The molecule has 0 fully saturated rings. The standard InChI is InChI=1S/C24H39N5O5/c1-15(2)13-19(23(32)29-20(24(33)34)14-17-9-5-4-6-10-17)28-22(31)18(11-7-8-12-25)27-21(30)16(3)26/h4-6,9-10,15-16,18-20H,7-8,11-14,25-26H2,1-3H3,(H,27,30)(H,28,31)(H,29,32)(H,33,34). The Balaban J connectivity index is 2.96. The third kappa shape index (κ3) is 10.8. The van der Waals surface area contributed by atoms with E-state index in [1.54, 1.807) is 24.3 Å². The van der Waals surface area contributed by atoms with E-state index >= 15 is 0 Å². The van der Waals surface area contributed by atoms with Crippen molar-refractivity contribution in [3.8, 4) is 0 Å². The lowest BCUT2D eigenvalue weighted by Crippen LogP contribution is -2.57. The number of unbranched alkanes of at least 4 members (excludes halogenated alkanes) is 1. The first-order valence-corrected chi connectivity index (χ1v) is 11.7. The summed E-state index contributed by atoms with van der Waals surface area (Å²) >= 11 is 0. The number of nitrogens with two attached hydrogens (primary N) is 2. The van der Waals surface area contributed by atoms with E-state index in [4.69, 9.17) is 11.5 Å². The summed E-state index contributed by atoms with van der Waals surface area (Å²) in [5, 5.41) is 17.5. The molecule has 0 aliphatic carbocycles. The molecule has 0 bridgehead atoms. The summed E-state index contributed by atoms with van der Waals surface area (Å²) in [6.45, 7) is 5.74. The molecule has 0 aliphatic rings. The number of aliphatic carboxylic acids is 1. The third-order valence-corrected chi connectivity index (χ3v) is 5.23. The van der Waals surface area contributed by atoms with Gasteiger partial charge in [0.15, 0.2) is 0 Å². The Hall–Kier alpha value is -2.98. The smallest absolute Gasteiger partial charge is 0.326 e. The van der Waals surface area contributed by atoms with Crippen LogP contribution in [-0.4, -0.2) is 59.5 Å². The van der Waals surface area contributed by atoms with Crippen molar-refractivity contribution in [3.05, 3.63) is 35.9 Å². The quantitative estimate of drug-likeness (QED) is 0.197. The van der Waals surface area contributed by atoms with Gasteiger partial charge in [-0.05, 0) is 50.6 Å². The van der Waals surface area contributed by atoms with Crippen LogP contribution in [0.1, 0.15) is 52.0 Å². The number of carbonyl (C=O) groups excluding carboxylic acids is 3. The summed E-state index contributed by atoms with van der Waals surface area (Å²) in [6, 6.07) is 5.17. The number of nitrogens with one attached hydrogen (secondary N) is 3. The molecule has 10 heteroatoms. The fraction of sp³-hybridized carbons (Fsp3) is 0.583. The third-order valence-electron chi connectivity index (χ3n) is 5.23. The maximum atomic E-state index is 13.0. The monoisotopic (exact) mass is 477 g/mol. The first kappa shape index (κ1) is 29.1. The van der Waals surface area contributed by atoms with E-state index in [-0.39, 0.29) is 12.3 Å². The van der Waals surface area contributed by atoms with Crippen LogP contribution in [0.15, 0.2) is 30.3 Å². The Morgan fingerprint density at radius 2 is 1.41 bits per heavy atom. The molecule has 4 unspecified atom stereocenters. The molecular formula is C24H39N5O5. The van der Waals surface area contributed by atoms with Gasteiger partial charge in [0.1, 0.15) is 18.1 Å². The Morgan fingerprint density at radius 3 is 1.94 bits per heavy atom. The summed E-state index contributed by atoms with van der Waals surface area (Å²) in [4.78, 5) is 49.9. The van der Waals surface area contributed by atoms with Crippen molar-refractivity contribution < 1.29 is 24.3 Å². The van der Waals surface area contributed by atoms with Crippen LogP contribution >= 0.6 is 0 Å². The van der Waals surface area contributed by atoms with Crippen LogP contribution in [-0.2, 0) is 25.6 Å². The predicted molar refractivity (Wildman–Crippen MR) is 130 cm³/mol. The van der Waals surface area contributed by atoms with E-state index in [9.17, 15) is 24.3 Å². The summed E-state index contributed by atoms with van der Waals surface area (Å²) in [6.07, 6.45) is 2.02. The number of hydrogen-bond donors (Lipinski definition) is 6. The molecule has 0 heterocycles. The normalized spacial score (nSPS) is 14.5. The molecule has 190 valence electrons. The van der Waals surface area contributed by atoms with Gasteiger partial charge in [-0.1, -0.05) is 44.2 Å². The summed E-state index contributed by atoms with van der Waals surface area (Å²) in [5.74, 6) is -2.73. The topological polar surface area (TPSA) is 177 Å². The van der Waals surface area contributed by atoms with E-state index < -0.39 is 47.9 Å². The van der Waals surface area contributed by atoms with Gasteiger partial charge in [0.05, 0.1) is 6.04 Å². The van der Waals surface area contributed by atoms with E-state index in [0.717, 1.165) is 5.56 Å². The highest BCUT2D eigenvalue weighted by Gasteiger charge is 2.30. The van der Waals surface area contributed by atoms with Gasteiger partial charge < -0.3 is 32.5 Å². The van der Waals surface area contributed by atoms with E-state index in [1.165, 1.54) is 6.92 Å². The Morgan fingerprint density at radius 1 is 0.853 bits per heavy atom. The molecule has 4 atom stereocenters. The second-order valence-electron chi connectivity index (χ2n) is 8.91. The number of hydrogen-bond acceptors (Lipinski definition) is 6. The molecule has 1 rings (SSSR count). The van der Waals surface area contributed by atoms with Gasteiger partial charge in [0.2, 0.25) is 17.7 Å². The maximum Gasteiger partial charge on any atom is 0.326 e. The van der Waals surface area contributed by atoms with E-state index in [0.29, 0.717) is 32.2 Å². The Labute approximate surface area is 201 Å². The molecule has 0 radical (unpaired) electrons. The molecule has 3 amide bonds. The van der Waals surface area contributed by atoms with Crippen molar-refractivity contribution in [2.24, 2.45) is 17.4 Å². The van der Waals surface area contributed by atoms with Crippen LogP contribution in [0, 0.1) is 5.92 Å². The number of rotatable bonds is 15. The van der Waals surface area contributed by atoms with Crippen LogP contribution in [0.2, 0.25) is 0 Å². The van der Waals surface area contributed by atoms with Crippen molar-refractivity contribution in [1.82, 2.24) is 16.0 Å². The molecule has 34 heavy (non-hydrogen) atoms. The molecule has 0 spiro atoms. The second-order valence-corrected chi connectivity index (χ2v) is 8.91. The minimum atomic E-state index is -1.17. The van der Waals surface area contributed by atoms with Gasteiger partial charge in [-0.2, -0.15) is 0 Å². The van der Waals surface area contributed by atoms with Crippen molar-refractivity contribution in [1.29, 1.82) is 0 Å². The molecule has 10 nitrogen and oxygen atoms in total. The first-order valence-electron chi connectivity index (χ1n) is 11.7. The van der Waals surface area contributed by atoms with E-state index in [2.05, 4.69) is 16.0 Å². The van der Waals surface area contributed by atoms with Crippen molar-refractivity contribution in [2.45, 2.75) is 77.0 Å². The van der Waals surface area contributed by atoms with E-state index in [1.807, 2.05) is 19.9 Å². The highest BCUT2D eigenvalue weighted by atomic mass is 16.4. The fourth-order valence-corrected chi connectivity index (χ4v) is 3.36. The second kappa shape index (κ2) is 15.0. The van der Waals surface area contributed by atoms with Gasteiger partial charge in [0, 0.05) is 6.42 Å². The molecule has 0 aliphatic heterocycles. The number of benzene rings is 1. The first-order chi connectivity index (χ1) is 16.0. The minimum absolute atomic E-state index is 0.0443. The molecule has 0 saturated carbocycles. The highest BCUT2D eigenvalue weighted by molar-refractivity contribution is 5.94. The predicted octanol–water partition coefficient (Wildman–Crippen LogP) is 0.290. The molecular weight excluding hydrogens is 438 g/mol. The zero-order valence-electron chi connectivity index (χ0n) is 20.3. The van der Waals surface area contributed by atoms with Crippen LogP contribution in [0.25, 0.3) is 0 Å². The largest absolute Gasteiger partial charge is 0.480 e. The molecule has 1 aromatic rings. The lowest BCUT2D eigenvalue weighted by molar-refractivity contribution is -0.142. The van der Waals surface area contributed by atoms with Crippen LogP contribution in [0.4, 0.5) is 0 Å². The van der Waals surface area contributed by atoms with Crippen molar-refractivity contribution in [2.75, 3.05) is 6.54 Å². The zero-order valence-corrected chi connectivity index (χ0v) is 20.3. The average molecular weight is 478 g/mol. The molecule has 0 aromatic heterocycles. The van der Waals surface area contributed by atoms with Crippen LogP contribution < -0.4 is 27.4 Å². The van der Waals surface area contributed by atoms with Crippen molar-refractivity contribution >= 4 is 23.7 Å². The summed E-state index contributed by atoms with van der Waals surface area (Å²) in [5.41, 5.74) is 11.9. The fourth-order valence-electron chi connectivity index (χ4n) is 3.36. The lowest BCUT2D eigenvalue weighted by Gasteiger charge is -2.26. The summed E-state index contributed by atoms with van der Waals surface area (Å²) < 4.78 is 0. The number of carbonyl (C=O) groups is 4. The van der Waals surface area contributed by atoms with Gasteiger partial charge >= 0.3 is 5.97 Å². The number of carboxylic acids is 1. The average Bonchev–Trinajstić information content (AvgIpc) is 2.77. The molecule has 0 saturated heterocycles. The van der Waals surface area contributed by atoms with Crippen LogP contribution in [0.3, 0.4) is 0 Å². The van der Waals surface area contributed by atoms with Gasteiger partial charge in [-0.15, -0.1) is 0 Å². The molecule has 8 N–H and O–H groups in total. The highest BCUT2D eigenvalue weighted by Crippen LogP contribution is 2.09. The van der Waals surface area contributed by atoms with Crippen LogP contribution in [0.5, 0.6) is 0 Å². The number of carboxylic acid groups (broad SMARTS) is 1. The zero-order chi connectivity index (χ0) is 25.7.